The average molecular weight is 404 g/mol. The highest BCUT2D eigenvalue weighted by molar-refractivity contribution is 5.85. The quantitative estimate of drug-likeness (QED) is 0.789. The van der Waals surface area contributed by atoms with Crippen LogP contribution in [0.5, 0.6) is 0 Å². The van der Waals surface area contributed by atoms with Crippen LogP contribution in [-0.2, 0) is 11.3 Å². The summed E-state index contributed by atoms with van der Waals surface area (Å²) in [4.78, 5) is 17.0. The summed E-state index contributed by atoms with van der Waals surface area (Å²) in [5, 5.41) is 0. The number of carbonyl (C=O) groups is 1. The lowest BCUT2D eigenvalue weighted by Gasteiger charge is -2.46. The molecule has 1 aromatic rings. The normalized spacial score (nSPS) is 24.1. The zero-order chi connectivity index (χ0) is 17.7. The topological polar surface area (TPSA) is 49.6 Å². The van der Waals surface area contributed by atoms with Gasteiger partial charge in [-0.15, -0.1) is 24.8 Å². The SMILES string of the molecule is CCCC(N)C(=O)N(C)C1C(C)CN(Cc2ccccc2)CC1C.Cl.Cl. The Hall–Kier alpha value is -0.810. The number of benzene rings is 1. The van der Waals surface area contributed by atoms with Crippen LogP contribution in [-0.4, -0.2) is 47.9 Å². The fourth-order valence-electron chi connectivity index (χ4n) is 4.24. The Labute approximate surface area is 171 Å². The van der Waals surface area contributed by atoms with Gasteiger partial charge in [0.1, 0.15) is 0 Å². The van der Waals surface area contributed by atoms with Crippen LogP contribution in [0.25, 0.3) is 0 Å². The summed E-state index contributed by atoms with van der Waals surface area (Å²) in [7, 11) is 1.93. The van der Waals surface area contributed by atoms with E-state index in [1.807, 2.05) is 11.9 Å². The molecule has 0 aliphatic carbocycles. The summed E-state index contributed by atoms with van der Waals surface area (Å²) in [5.74, 6) is 0.984. The summed E-state index contributed by atoms with van der Waals surface area (Å²) in [6.45, 7) is 9.60. The van der Waals surface area contributed by atoms with Crippen LogP contribution in [0, 0.1) is 11.8 Å². The van der Waals surface area contributed by atoms with E-state index >= 15 is 0 Å². The van der Waals surface area contributed by atoms with E-state index in [2.05, 4.69) is 56.0 Å². The molecule has 3 unspecified atom stereocenters. The molecule has 0 aromatic heterocycles. The molecule has 0 radical (unpaired) electrons. The molecule has 0 saturated carbocycles. The Morgan fingerprint density at radius 1 is 1.19 bits per heavy atom. The van der Waals surface area contributed by atoms with Crippen molar-refractivity contribution in [2.45, 2.75) is 52.2 Å². The standard InChI is InChI=1S/C20H33N3O.2ClH/c1-5-9-18(21)20(24)22(4)19-15(2)12-23(13-16(19)3)14-17-10-7-6-8-11-17;;/h6-8,10-11,15-16,18-19H,5,9,12-14,21H2,1-4H3;2*1H. The first-order chi connectivity index (χ1) is 11.4. The lowest BCUT2D eigenvalue weighted by Crippen LogP contribution is -2.57. The Balaban J connectivity index is 0.00000312. The summed E-state index contributed by atoms with van der Waals surface area (Å²) < 4.78 is 0. The molecule has 1 saturated heterocycles. The van der Waals surface area contributed by atoms with Crippen molar-refractivity contribution in [1.29, 1.82) is 0 Å². The first-order valence-corrected chi connectivity index (χ1v) is 9.22. The molecule has 3 atom stereocenters. The Morgan fingerprint density at radius 2 is 1.73 bits per heavy atom. The molecule has 1 fully saturated rings. The van der Waals surface area contributed by atoms with Crippen molar-refractivity contribution in [3.05, 3.63) is 35.9 Å². The summed E-state index contributed by atoms with van der Waals surface area (Å²) in [5.41, 5.74) is 7.41. The van der Waals surface area contributed by atoms with Crippen LogP contribution < -0.4 is 5.73 Å². The molecule has 26 heavy (non-hydrogen) atoms. The molecule has 2 rings (SSSR count). The Kier molecular flexibility index (Phi) is 11.4. The highest BCUT2D eigenvalue weighted by atomic mass is 35.5. The number of nitrogens with two attached hydrogens (primary N) is 1. The number of rotatable bonds is 6. The number of hydrogen-bond acceptors (Lipinski definition) is 3. The van der Waals surface area contributed by atoms with Crippen LogP contribution in [0.1, 0.15) is 39.2 Å². The van der Waals surface area contributed by atoms with Gasteiger partial charge >= 0.3 is 0 Å². The third-order valence-corrected chi connectivity index (χ3v) is 5.22. The molecule has 4 nitrogen and oxygen atoms in total. The van der Waals surface area contributed by atoms with Crippen LogP contribution in [0.4, 0.5) is 0 Å². The predicted molar refractivity (Wildman–Crippen MR) is 114 cm³/mol. The smallest absolute Gasteiger partial charge is 0.239 e. The minimum atomic E-state index is -0.359. The second-order valence-electron chi connectivity index (χ2n) is 7.47. The van der Waals surface area contributed by atoms with Gasteiger partial charge in [0.25, 0.3) is 0 Å². The molecular formula is C20H35Cl2N3O. The molecule has 0 spiro atoms. The van der Waals surface area contributed by atoms with Gasteiger partial charge in [-0.2, -0.15) is 0 Å². The first kappa shape index (κ1) is 25.2. The summed E-state index contributed by atoms with van der Waals surface area (Å²) in [6, 6.07) is 10.5. The number of halogens is 2. The van der Waals surface area contributed by atoms with E-state index < -0.39 is 0 Å². The second kappa shape index (κ2) is 11.8. The molecular weight excluding hydrogens is 369 g/mol. The van der Waals surface area contributed by atoms with Gasteiger partial charge in [-0.25, -0.2) is 0 Å². The van der Waals surface area contributed by atoms with Crippen molar-refractivity contribution < 1.29 is 4.79 Å². The number of piperidine rings is 1. The van der Waals surface area contributed by atoms with Crippen molar-refractivity contribution in [2.24, 2.45) is 17.6 Å². The maximum absolute atomic E-state index is 12.6. The largest absolute Gasteiger partial charge is 0.341 e. The molecule has 0 bridgehead atoms. The van der Waals surface area contributed by atoms with Gasteiger partial charge in [0.05, 0.1) is 6.04 Å². The number of carbonyl (C=O) groups excluding carboxylic acids is 1. The van der Waals surface area contributed by atoms with Crippen LogP contribution >= 0.6 is 24.8 Å². The van der Waals surface area contributed by atoms with Crippen LogP contribution in [0.3, 0.4) is 0 Å². The zero-order valence-corrected chi connectivity index (χ0v) is 18.1. The van der Waals surface area contributed by atoms with Crippen molar-refractivity contribution in [3.63, 3.8) is 0 Å². The fourth-order valence-corrected chi connectivity index (χ4v) is 4.24. The van der Waals surface area contributed by atoms with Crippen LogP contribution in [0.15, 0.2) is 30.3 Å². The molecule has 150 valence electrons. The van der Waals surface area contributed by atoms with E-state index in [0.29, 0.717) is 11.8 Å². The molecule has 1 aliphatic rings. The Bertz CT molecular complexity index is 517. The zero-order valence-electron chi connectivity index (χ0n) is 16.4. The van der Waals surface area contributed by atoms with Gasteiger partial charge in [0, 0.05) is 32.7 Å². The average Bonchev–Trinajstić information content (AvgIpc) is 2.54. The third-order valence-electron chi connectivity index (χ3n) is 5.22. The molecule has 2 N–H and O–H groups in total. The van der Waals surface area contributed by atoms with E-state index in [4.69, 9.17) is 5.73 Å². The monoisotopic (exact) mass is 403 g/mol. The van der Waals surface area contributed by atoms with Crippen molar-refractivity contribution in [1.82, 2.24) is 9.80 Å². The molecule has 1 aliphatic heterocycles. The third kappa shape index (κ3) is 6.41. The summed E-state index contributed by atoms with van der Waals surface area (Å²) >= 11 is 0. The van der Waals surface area contributed by atoms with Crippen molar-refractivity contribution in [2.75, 3.05) is 20.1 Å². The van der Waals surface area contributed by atoms with Gasteiger partial charge in [-0.3, -0.25) is 9.69 Å². The predicted octanol–water partition coefficient (Wildman–Crippen LogP) is 3.57. The summed E-state index contributed by atoms with van der Waals surface area (Å²) in [6.07, 6.45) is 1.71. The maximum Gasteiger partial charge on any atom is 0.239 e. The Morgan fingerprint density at radius 3 is 2.23 bits per heavy atom. The van der Waals surface area contributed by atoms with E-state index in [9.17, 15) is 4.79 Å². The van der Waals surface area contributed by atoms with Gasteiger partial charge in [0.15, 0.2) is 0 Å². The number of hydrogen-bond donors (Lipinski definition) is 1. The molecule has 6 heteroatoms. The van der Waals surface area contributed by atoms with E-state index in [0.717, 1.165) is 32.5 Å². The molecule has 1 aromatic carbocycles. The van der Waals surface area contributed by atoms with Crippen LogP contribution in [0.2, 0.25) is 0 Å². The van der Waals surface area contributed by atoms with Gasteiger partial charge < -0.3 is 10.6 Å². The maximum atomic E-state index is 12.6. The van der Waals surface area contributed by atoms with E-state index in [1.54, 1.807) is 0 Å². The van der Waals surface area contributed by atoms with Gasteiger partial charge in [0.2, 0.25) is 5.91 Å². The number of amides is 1. The molecule has 1 heterocycles. The van der Waals surface area contributed by atoms with Crippen molar-refractivity contribution >= 4 is 30.7 Å². The minimum Gasteiger partial charge on any atom is -0.341 e. The number of nitrogens with zero attached hydrogens (tertiary/aromatic N) is 2. The number of likely N-dealkylation sites (N-methyl/N-ethyl adjacent to an activating group) is 1. The fraction of sp³-hybridized carbons (Fsp3) is 0.650. The van der Waals surface area contributed by atoms with Gasteiger partial charge in [-0.05, 0) is 23.8 Å². The second-order valence-corrected chi connectivity index (χ2v) is 7.47. The van der Waals surface area contributed by atoms with Gasteiger partial charge in [-0.1, -0.05) is 57.5 Å². The minimum absolute atomic E-state index is 0. The number of likely N-dealkylation sites (tertiary alicyclic amines) is 1. The lowest BCUT2D eigenvalue weighted by molar-refractivity contribution is -0.137. The van der Waals surface area contributed by atoms with E-state index in [1.165, 1.54) is 5.56 Å². The van der Waals surface area contributed by atoms with Crippen molar-refractivity contribution in [3.8, 4) is 0 Å². The molecule has 1 amide bonds. The highest BCUT2D eigenvalue weighted by Gasteiger charge is 2.37. The highest BCUT2D eigenvalue weighted by Crippen LogP contribution is 2.27. The first-order valence-electron chi connectivity index (χ1n) is 9.22. The van der Waals surface area contributed by atoms with E-state index in [-0.39, 0.29) is 42.8 Å². The lowest BCUT2D eigenvalue weighted by atomic mass is 9.84.